The first-order valence-electron chi connectivity index (χ1n) is 9.82. The molecule has 0 aromatic carbocycles. The number of rotatable bonds is 7. The van der Waals surface area contributed by atoms with E-state index in [1.807, 2.05) is 6.07 Å². The number of nitrogens with zero attached hydrogens (tertiary/aromatic N) is 3. The lowest BCUT2D eigenvalue weighted by Crippen LogP contribution is -2.43. The van der Waals surface area contributed by atoms with Crippen LogP contribution in [0.25, 0.3) is 0 Å². The van der Waals surface area contributed by atoms with Crippen LogP contribution in [0, 0.1) is 0 Å². The van der Waals surface area contributed by atoms with E-state index in [1.165, 1.54) is 43.0 Å². The van der Waals surface area contributed by atoms with E-state index in [9.17, 15) is 0 Å². The molecule has 0 spiro atoms. The van der Waals surface area contributed by atoms with E-state index in [2.05, 4.69) is 37.4 Å². The van der Waals surface area contributed by atoms with Crippen molar-refractivity contribution in [1.82, 2.24) is 20.0 Å². The van der Waals surface area contributed by atoms with Crippen LogP contribution in [0.15, 0.2) is 18.2 Å². The predicted molar refractivity (Wildman–Crippen MR) is 111 cm³/mol. The normalized spacial score (nSPS) is 20.2. The highest BCUT2D eigenvalue weighted by atomic mass is 35.5. The molecule has 4 rings (SSSR count). The molecular weight excluding hydrogens is 382 g/mol. The van der Waals surface area contributed by atoms with Crippen molar-refractivity contribution in [3.63, 3.8) is 0 Å². The molecule has 0 bridgehead atoms. The summed E-state index contributed by atoms with van der Waals surface area (Å²) in [5.41, 5.74) is 1.19. The molecule has 0 radical (unpaired) electrons. The fourth-order valence-electron chi connectivity index (χ4n) is 3.83. The van der Waals surface area contributed by atoms with Gasteiger partial charge in [-0.2, -0.15) is 5.10 Å². The number of thiophene rings is 1. The van der Waals surface area contributed by atoms with Crippen LogP contribution in [-0.2, 0) is 11.3 Å². The second-order valence-electron chi connectivity index (χ2n) is 7.34. The Balaban J connectivity index is 1.19. The summed E-state index contributed by atoms with van der Waals surface area (Å²) in [5.74, 6) is 1.55. The van der Waals surface area contributed by atoms with Gasteiger partial charge in [-0.15, -0.1) is 11.3 Å². The number of H-pyrrole nitrogens is 1. The van der Waals surface area contributed by atoms with Crippen LogP contribution in [-0.4, -0.2) is 72.5 Å². The first kappa shape index (κ1) is 19.2. The van der Waals surface area contributed by atoms with Crippen molar-refractivity contribution in [2.24, 2.45) is 0 Å². The molecule has 6 nitrogen and oxygen atoms in total. The SMILES string of the molecule is Clc1ccc(CNc2cc(C3CCN(CCN4CCOCC4)CC3)n[nH]2)s1. The fraction of sp³-hybridized carbons (Fsp3) is 0.632. The molecule has 0 aliphatic carbocycles. The minimum absolute atomic E-state index is 0.563. The maximum Gasteiger partial charge on any atom is 0.121 e. The largest absolute Gasteiger partial charge is 0.379 e. The molecule has 2 aliphatic rings. The second kappa shape index (κ2) is 9.39. The Hall–Kier alpha value is -1.12. The molecular formula is C19H28ClN5OS. The molecule has 0 atom stereocenters. The smallest absolute Gasteiger partial charge is 0.121 e. The van der Waals surface area contributed by atoms with Gasteiger partial charge in [-0.3, -0.25) is 10.00 Å². The lowest BCUT2D eigenvalue weighted by atomic mass is 9.93. The Labute approximate surface area is 169 Å². The summed E-state index contributed by atoms with van der Waals surface area (Å²) in [6.07, 6.45) is 2.38. The molecule has 2 aromatic rings. The van der Waals surface area contributed by atoms with Gasteiger partial charge in [0.25, 0.3) is 0 Å². The van der Waals surface area contributed by atoms with Crippen molar-refractivity contribution in [1.29, 1.82) is 0 Å². The molecule has 4 heterocycles. The Morgan fingerprint density at radius 2 is 1.89 bits per heavy atom. The number of nitrogens with one attached hydrogen (secondary N) is 2. The van der Waals surface area contributed by atoms with Gasteiger partial charge in [0.2, 0.25) is 0 Å². The standard InChI is InChI=1S/C19H28ClN5OS/c20-18-2-1-16(27-18)14-21-19-13-17(22-23-19)15-3-5-24(6-4-15)7-8-25-9-11-26-12-10-25/h1-2,13,15H,3-12,14H2,(H2,21,22,23). The van der Waals surface area contributed by atoms with E-state index < -0.39 is 0 Å². The number of ether oxygens (including phenoxy) is 1. The topological polar surface area (TPSA) is 56.4 Å². The molecule has 0 amide bonds. The summed E-state index contributed by atoms with van der Waals surface area (Å²) >= 11 is 7.59. The van der Waals surface area contributed by atoms with Crippen LogP contribution < -0.4 is 5.32 Å². The molecule has 148 valence electrons. The van der Waals surface area contributed by atoms with Crippen LogP contribution in [0.1, 0.15) is 29.3 Å². The maximum atomic E-state index is 5.98. The summed E-state index contributed by atoms with van der Waals surface area (Å²) in [5, 5.41) is 11.1. The van der Waals surface area contributed by atoms with Gasteiger partial charge in [0.05, 0.1) is 29.8 Å². The molecule has 2 saturated heterocycles. The van der Waals surface area contributed by atoms with Crippen LogP contribution in [0.2, 0.25) is 4.34 Å². The summed E-state index contributed by atoms with van der Waals surface area (Å²) in [4.78, 5) is 6.34. The zero-order valence-corrected chi connectivity index (χ0v) is 17.2. The van der Waals surface area contributed by atoms with E-state index in [1.54, 1.807) is 11.3 Å². The van der Waals surface area contributed by atoms with Crippen LogP contribution >= 0.6 is 22.9 Å². The molecule has 0 saturated carbocycles. The number of hydrogen-bond acceptors (Lipinski definition) is 6. The van der Waals surface area contributed by atoms with E-state index in [0.29, 0.717) is 5.92 Å². The van der Waals surface area contributed by atoms with Crippen molar-refractivity contribution in [3.05, 3.63) is 33.1 Å². The van der Waals surface area contributed by atoms with Crippen LogP contribution in [0.3, 0.4) is 0 Å². The Bertz CT molecular complexity index is 707. The van der Waals surface area contributed by atoms with Crippen molar-refractivity contribution in [3.8, 4) is 0 Å². The summed E-state index contributed by atoms with van der Waals surface area (Å²) in [6, 6.07) is 6.17. The predicted octanol–water partition coefficient (Wildman–Crippen LogP) is 3.25. The third-order valence-electron chi connectivity index (χ3n) is 5.52. The Morgan fingerprint density at radius 1 is 1.15 bits per heavy atom. The third-order valence-corrected chi connectivity index (χ3v) is 6.75. The van der Waals surface area contributed by atoms with Crippen molar-refractivity contribution >= 4 is 28.8 Å². The fourth-order valence-corrected chi connectivity index (χ4v) is 4.85. The monoisotopic (exact) mass is 409 g/mol. The van der Waals surface area contributed by atoms with Gasteiger partial charge in [0.15, 0.2) is 0 Å². The molecule has 2 N–H and O–H groups in total. The molecule has 2 aliphatic heterocycles. The van der Waals surface area contributed by atoms with Gasteiger partial charge in [-0.25, -0.2) is 0 Å². The zero-order valence-electron chi connectivity index (χ0n) is 15.6. The number of aromatic amines is 1. The second-order valence-corrected chi connectivity index (χ2v) is 9.14. The van der Waals surface area contributed by atoms with E-state index in [4.69, 9.17) is 16.3 Å². The van der Waals surface area contributed by atoms with Crippen molar-refractivity contribution in [2.75, 3.05) is 57.8 Å². The van der Waals surface area contributed by atoms with Gasteiger partial charge >= 0.3 is 0 Å². The highest BCUT2D eigenvalue weighted by Gasteiger charge is 2.23. The van der Waals surface area contributed by atoms with E-state index in [0.717, 1.165) is 49.5 Å². The quantitative estimate of drug-likeness (QED) is 0.735. The van der Waals surface area contributed by atoms with Crippen molar-refractivity contribution < 1.29 is 4.74 Å². The van der Waals surface area contributed by atoms with E-state index in [-0.39, 0.29) is 0 Å². The number of aromatic nitrogens is 2. The minimum atomic E-state index is 0.563. The molecule has 2 fully saturated rings. The van der Waals surface area contributed by atoms with Gasteiger partial charge in [0.1, 0.15) is 5.82 Å². The zero-order chi connectivity index (χ0) is 18.5. The first-order chi connectivity index (χ1) is 13.3. The van der Waals surface area contributed by atoms with Gasteiger partial charge in [-0.1, -0.05) is 11.6 Å². The highest BCUT2D eigenvalue weighted by molar-refractivity contribution is 7.16. The highest BCUT2D eigenvalue weighted by Crippen LogP contribution is 2.28. The van der Waals surface area contributed by atoms with Crippen LogP contribution in [0.5, 0.6) is 0 Å². The van der Waals surface area contributed by atoms with Gasteiger partial charge in [-0.05, 0) is 38.1 Å². The molecule has 27 heavy (non-hydrogen) atoms. The maximum absolute atomic E-state index is 5.98. The molecule has 8 heteroatoms. The first-order valence-corrected chi connectivity index (χ1v) is 11.0. The van der Waals surface area contributed by atoms with Crippen molar-refractivity contribution in [2.45, 2.75) is 25.3 Å². The summed E-state index contributed by atoms with van der Waals surface area (Å²) in [7, 11) is 0. The van der Waals surface area contributed by atoms with Gasteiger partial charge < -0.3 is 15.0 Å². The number of likely N-dealkylation sites (tertiary alicyclic amines) is 1. The number of hydrogen-bond donors (Lipinski definition) is 2. The Morgan fingerprint density at radius 3 is 2.59 bits per heavy atom. The Kier molecular flexibility index (Phi) is 6.68. The van der Waals surface area contributed by atoms with Crippen LogP contribution in [0.4, 0.5) is 5.82 Å². The minimum Gasteiger partial charge on any atom is -0.379 e. The number of anilines is 1. The lowest BCUT2D eigenvalue weighted by molar-refractivity contribution is 0.0320. The van der Waals surface area contributed by atoms with Gasteiger partial charge in [0, 0.05) is 43.0 Å². The number of piperidine rings is 1. The van der Waals surface area contributed by atoms with E-state index >= 15 is 0 Å². The molecule has 2 aromatic heterocycles. The summed E-state index contributed by atoms with van der Waals surface area (Å²) < 4.78 is 6.26. The number of halogens is 1. The third kappa shape index (κ3) is 5.45. The number of morpholine rings is 1. The average Bonchev–Trinajstić information content (AvgIpc) is 3.35. The lowest BCUT2D eigenvalue weighted by Gasteiger charge is -2.34. The summed E-state index contributed by atoms with van der Waals surface area (Å²) in [6.45, 7) is 9.37. The molecule has 0 unspecified atom stereocenters. The average molecular weight is 410 g/mol.